The van der Waals surface area contributed by atoms with Gasteiger partial charge in [0.25, 0.3) is 0 Å². The summed E-state index contributed by atoms with van der Waals surface area (Å²) in [6.07, 6.45) is 0.658. The van der Waals surface area contributed by atoms with Crippen LogP contribution in [0.3, 0.4) is 0 Å². The second kappa shape index (κ2) is 4.21. The summed E-state index contributed by atoms with van der Waals surface area (Å²) in [4.78, 5) is 10.4. The standard InChI is InChI=1S/C9H8ClFO/c10-5-7(6-12)8-3-1-2-4-9(8)11/h1-4,6-7H,5H2. The molecular formula is C9H8ClFO. The number of carbonyl (C=O) groups is 1. The van der Waals surface area contributed by atoms with E-state index in [1.165, 1.54) is 6.07 Å². The summed E-state index contributed by atoms with van der Waals surface area (Å²) < 4.78 is 13.0. The molecule has 1 unspecified atom stereocenters. The minimum atomic E-state index is -0.534. The first-order valence-electron chi connectivity index (χ1n) is 3.55. The Kier molecular flexibility index (Phi) is 3.23. The van der Waals surface area contributed by atoms with E-state index in [-0.39, 0.29) is 11.7 Å². The van der Waals surface area contributed by atoms with Gasteiger partial charge in [-0.25, -0.2) is 4.39 Å². The van der Waals surface area contributed by atoms with Gasteiger partial charge in [-0.15, -0.1) is 11.6 Å². The van der Waals surface area contributed by atoms with Crippen molar-refractivity contribution < 1.29 is 9.18 Å². The van der Waals surface area contributed by atoms with Crippen LogP contribution < -0.4 is 0 Å². The van der Waals surface area contributed by atoms with Gasteiger partial charge in [0.1, 0.15) is 12.1 Å². The average Bonchev–Trinajstić information content (AvgIpc) is 2.10. The van der Waals surface area contributed by atoms with Crippen LogP contribution in [0.2, 0.25) is 0 Å². The third kappa shape index (κ3) is 1.83. The predicted octanol–water partition coefficient (Wildman–Crippen LogP) is 2.35. The Balaban J connectivity index is 3.00. The van der Waals surface area contributed by atoms with Gasteiger partial charge in [-0.2, -0.15) is 0 Å². The minimum Gasteiger partial charge on any atom is -0.303 e. The van der Waals surface area contributed by atoms with Crippen LogP contribution in [-0.4, -0.2) is 12.2 Å². The highest BCUT2D eigenvalue weighted by Gasteiger charge is 2.12. The molecule has 1 atom stereocenters. The van der Waals surface area contributed by atoms with Crippen molar-refractivity contribution in [1.29, 1.82) is 0 Å². The topological polar surface area (TPSA) is 17.1 Å². The molecule has 0 saturated heterocycles. The zero-order valence-corrected chi connectivity index (χ0v) is 7.09. The van der Waals surface area contributed by atoms with Gasteiger partial charge in [-0.3, -0.25) is 0 Å². The first kappa shape index (κ1) is 9.20. The summed E-state index contributed by atoms with van der Waals surface area (Å²) in [5.74, 6) is -0.798. The van der Waals surface area contributed by atoms with Crippen LogP contribution in [0.15, 0.2) is 24.3 Å². The van der Waals surface area contributed by atoms with Crippen LogP contribution in [0.25, 0.3) is 0 Å². The number of halogens is 2. The Morgan fingerprint density at radius 2 is 2.17 bits per heavy atom. The Hall–Kier alpha value is -0.890. The second-order valence-corrected chi connectivity index (χ2v) is 2.73. The minimum absolute atomic E-state index is 0.116. The quantitative estimate of drug-likeness (QED) is 0.523. The van der Waals surface area contributed by atoms with Gasteiger partial charge in [0.05, 0.1) is 5.92 Å². The van der Waals surface area contributed by atoms with E-state index >= 15 is 0 Å². The van der Waals surface area contributed by atoms with Crippen molar-refractivity contribution in [3.8, 4) is 0 Å². The largest absolute Gasteiger partial charge is 0.303 e. The SMILES string of the molecule is O=CC(CCl)c1ccccc1F. The molecule has 0 spiro atoms. The van der Waals surface area contributed by atoms with Gasteiger partial charge >= 0.3 is 0 Å². The summed E-state index contributed by atoms with van der Waals surface area (Å²) >= 11 is 5.48. The van der Waals surface area contributed by atoms with Crippen LogP contribution in [0.5, 0.6) is 0 Å². The Morgan fingerprint density at radius 1 is 1.50 bits per heavy atom. The summed E-state index contributed by atoms with van der Waals surface area (Å²) in [5.41, 5.74) is 0.363. The van der Waals surface area contributed by atoms with Crippen LogP contribution in [-0.2, 0) is 4.79 Å². The Labute approximate surface area is 75.2 Å². The van der Waals surface area contributed by atoms with E-state index in [1.807, 2.05) is 0 Å². The van der Waals surface area contributed by atoms with Crippen molar-refractivity contribution in [3.05, 3.63) is 35.6 Å². The maximum atomic E-state index is 13.0. The van der Waals surface area contributed by atoms with Gasteiger partial charge < -0.3 is 4.79 Å². The Bertz CT molecular complexity index is 275. The fourth-order valence-electron chi connectivity index (χ4n) is 0.969. The Morgan fingerprint density at radius 3 is 2.67 bits per heavy atom. The van der Waals surface area contributed by atoms with Crippen molar-refractivity contribution in [2.24, 2.45) is 0 Å². The van der Waals surface area contributed by atoms with Gasteiger partial charge in [-0.1, -0.05) is 18.2 Å². The second-order valence-electron chi connectivity index (χ2n) is 2.42. The molecule has 0 amide bonds. The first-order chi connectivity index (χ1) is 5.79. The monoisotopic (exact) mass is 186 g/mol. The maximum Gasteiger partial charge on any atom is 0.128 e. The van der Waals surface area contributed by atoms with Gasteiger partial charge in [-0.05, 0) is 11.6 Å². The number of alkyl halides is 1. The third-order valence-electron chi connectivity index (χ3n) is 1.64. The third-order valence-corrected chi connectivity index (χ3v) is 1.97. The molecule has 0 heterocycles. The molecule has 1 rings (SSSR count). The first-order valence-corrected chi connectivity index (χ1v) is 4.08. The summed E-state index contributed by atoms with van der Waals surface area (Å²) in [7, 11) is 0. The molecule has 0 fully saturated rings. The van der Waals surface area contributed by atoms with Crippen LogP contribution in [0.1, 0.15) is 11.5 Å². The lowest BCUT2D eigenvalue weighted by molar-refractivity contribution is -0.108. The van der Waals surface area contributed by atoms with Crippen molar-refractivity contribution >= 4 is 17.9 Å². The highest BCUT2D eigenvalue weighted by atomic mass is 35.5. The highest BCUT2D eigenvalue weighted by Crippen LogP contribution is 2.17. The molecular weight excluding hydrogens is 179 g/mol. The van der Waals surface area contributed by atoms with Crippen LogP contribution in [0, 0.1) is 5.82 Å². The predicted molar refractivity (Wildman–Crippen MR) is 45.9 cm³/mol. The summed E-state index contributed by atoms with van der Waals surface area (Å²) in [6, 6.07) is 6.14. The van der Waals surface area contributed by atoms with E-state index in [0.717, 1.165) is 0 Å². The molecule has 0 N–H and O–H groups in total. The molecule has 0 aromatic heterocycles. The van der Waals surface area contributed by atoms with Crippen LogP contribution >= 0.6 is 11.6 Å². The normalized spacial score (nSPS) is 12.5. The molecule has 0 aliphatic carbocycles. The number of benzene rings is 1. The number of hydrogen-bond acceptors (Lipinski definition) is 1. The van der Waals surface area contributed by atoms with Gasteiger partial charge in [0, 0.05) is 5.88 Å². The highest BCUT2D eigenvalue weighted by molar-refractivity contribution is 6.19. The van der Waals surface area contributed by atoms with E-state index in [4.69, 9.17) is 11.6 Å². The van der Waals surface area contributed by atoms with E-state index in [2.05, 4.69) is 0 Å². The molecule has 0 bridgehead atoms. The van der Waals surface area contributed by atoms with E-state index in [1.54, 1.807) is 18.2 Å². The number of carbonyl (C=O) groups excluding carboxylic acids is 1. The summed E-state index contributed by atoms with van der Waals surface area (Å²) in [5, 5.41) is 0. The molecule has 12 heavy (non-hydrogen) atoms. The van der Waals surface area contributed by atoms with Gasteiger partial charge in [0.15, 0.2) is 0 Å². The summed E-state index contributed by atoms with van der Waals surface area (Å²) in [6.45, 7) is 0. The fourth-order valence-corrected chi connectivity index (χ4v) is 1.21. The molecule has 64 valence electrons. The fraction of sp³-hybridized carbons (Fsp3) is 0.222. The molecule has 0 aliphatic rings. The number of rotatable bonds is 3. The lowest BCUT2D eigenvalue weighted by Gasteiger charge is -2.06. The lowest BCUT2D eigenvalue weighted by Crippen LogP contribution is -2.03. The zero-order valence-electron chi connectivity index (χ0n) is 6.34. The zero-order chi connectivity index (χ0) is 8.97. The molecule has 3 heteroatoms. The smallest absolute Gasteiger partial charge is 0.128 e. The van der Waals surface area contributed by atoms with Gasteiger partial charge in [0.2, 0.25) is 0 Å². The molecule has 1 nitrogen and oxygen atoms in total. The van der Waals surface area contributed by atoms with Crippen molar-refractivity contribution in [2.75, 3.05) is 5.88 Å². The van der Waals surface area contributed by atoms with E-state index in [9.17, 15) is 9.18 Å². The molecule has 1 aromatic carbocycles. The molecule has 0 saturated carbocycles. The van der Waals surface area contributed by atoms with E-state index in [0.29, 0.717) is 11.8 Å². The van der Waals surface area contributed by atoms with Crippen LogP contribution in [0.4, 0.5) is 4.39 Å². The molecule has 0 aliphatic heterocycles. The number of aldehydes is 1. The lowest BCUT2D eigenvalue weighted by atomic mass is 10.0. The average molecular weight is 187 g/mol. The van der Waals surface area contributed by atoms with Crippen molar-refractivity contribution in [2.45, 2.75) is 5.92 Å². The van der Waals surface area contributed by atoms with Crippen molar-refractivity contribution in [1.82, 2.24) is 0 Å². The van der Waals surface area contributed by atoms with Crippen molar-refractivity contribution in [3.63, 3.8) is 0 Å². The van der Waals surface area contributed by atoms with E-state index < -0.39 is 5.92 Å². The maximum absolute atomic E-state index is 13.0. The molecule has 0 radical (unpaired) electrons. The molecule has 1 aromatic rings. The number of hydrogen-bond donors (Lipinski definition) is 0.